The van der Waals surface area contributed by atoms with Crippen LogP contribution in [0.2, 0.25) is 0 Å². The maximum Gasteiger partial charge on any atom is 0.343 e. The normalized spacial score (nSPS) is 14.3. The molecule has 2 aliphatic rings. The number of hydrogen-bond donors (Lipinski definition) is 1. The van der Waals surface area contributed by atoms with Crippen LogP contribution >= 0.6 is 0 Å². The second kappa shape index (κ2) is 11.6. The van der Waals surface area contributed by atoms with Crippen LogP contribution in [0.25, 0.3) is 11.1 Å². The number of fused-ring (bicyclic) bond motifs is 2. The first-order chi connectivity index (χ1) is 20.4. The predicted molar refractivity (Wildman–Crippen MR) is 164 cm³/mol. The predicted octanol–water partition coefficient (Wildman–Crippen LogP) is 6.72. The maximum absolute atomic E-state index is 13.6. The number of nitrogens with zero attached hydrogens (tertiary/aromatic N) is 2. The molecule has 6 rings (SSSR count). The summed E-state index contributed by atoms with van der Waals surface area (Å²) in [7, 11) is 0. The number of primary amides is 1. The van der Waals surface area contributed by atoms with Gasteiger partial charge in [0.05, 0.1) is 11.1 Å². The Bertz CT molecular complexity index is 1750. The molecular formula is C36H33N3O3. The van der Waals surface area contributed by atoms with Gasteiger partial charge in [0.15, 0.2) is 5.75 Å². The zero-order chi connectivity index (χ0) is 29.2. The second-order valence-corrected chi connectivity index (χ2v) is 11.1. The highest BCUT2D eigenvalue weighted by Gasteiger charge is 2.27. The van der Waals surface area contributed by atoms with E-state index in [1.807, 2.05) is 55.7 Å². The van der Waals surface area contributed by atoms with E-state index in [2.05, 4.69) is 29.0 Å². The Morgan fingerprint density at radius 1 is 0.786 bits per heavy atom. The Balaban J connectivity index is 1.31. The molecule has 0 fully saturated rings. The molecule has 2 aromatic heterocycles. The van der Waals surface area contributed by atoms with Crippen LogP contribution in [-0.4, -0.2) is 21.8 Å². The minimum absolute atomic E-state index is 0.209. The number of pyridine rings is 2. The monoisotopic (exact) mass is 555 g/mol. The summed E-state index contributed by atoms with van der Waals surface area (Å²) in [6.07, 6.45) is 12.4. The van der Waals surface area contributed by atoms with Crippen molar-refractivity contribution in [2.24, 2.45) is 5.73 Å². The number of aromatic nitrogens is 2. The summed E-state index contributed by atoms with van der Waals surface area (Å²) in [6.45, 7) is 4.18. The van der Waals surface area contributed by atoms with Crippen molar-refractivity contribution in [1.82, 2.24) is 9.97 Å². The van der Waals surface area contributed by atoms with E-state index in [1.54, 1.807) is 18.5 Å². The zero-order valence-corrected chi connectivity index (χ0v) is 23.9. The molecule has 0 atom stereocenters. The van der Waals surface area contributed by atoms with Crippen molar-refractivity contribution >= 4 is 23.0 Å². The van der Waals surface area contributed by atoms with Crippen molar-refractivity contribution in [3.05, 3.63) is 135 Å². The van der Waals surface area contributed by atoms with Crippen LogP contribution in [0, 0.1) is 0 Å². The minimum atomic E-state index is -0.625. The van der Waals surface area contributed by atoms with Gasteiger partial charge in [-0.2, -0.15) is 0 Å². The van der Waals surface area contributed by atoms with Gasteiger partial charge in [0, 0.05) is 30.4 Å². The molecule has 4 aromatic rings. The summed E-state index contributed by atoms with van der Waals surface area (Å²) in [5.41, 5.74) is 17.7. The van der Waals surface area contributed by atoms with E-state index in [0.29, 0.717) is 5.56 Å². The first-order valence-corrected chi connectivity index (χ1v) is 14.4. The smallest absolute Gasteiger partial charge is 0.343 e. The van der Waals surface area contributed by atoms with Crippen LogP contribution < -0.4 is 10.5 Å². The van der Waals surface area contributed by atoms with Crippen LogP contribution in [0.1, 0.15) is 80.8 Å². The van der Waals surface area contributed by atoms with E-state index in [9.17, 15) is 9.59 Å². The number of nitrogens with two attached hydrogens (primary N) is 1. The molecule has 42 heavy (non-hydrogen) atoms. The van der Waals surface area contributed by atoms with E-state index in [0.717, 1.165) is 71.9 Å². The van der Waals surface area contributed by atoms with Gasteiger partial charge in [-0.1, -0.05) is 35.4 Å². The molecule has 0 unspecified atom stereocenters. The molecule has 0 radical (unpaired) electrons. The summed E-state index contributed by atoms with van der Waals surface area (Å²) >= 11 is 0. The molecule has 2 aromatic carbocycles. The summed E-state index contributed by atoms with van der Waals surface area (Å²) in [5, 5.41) is 0. The van der Waals surface area contributed by atoms with Crippen molar-refractivity contribution in [3.63, 3.8) is 0 Å². The zero-order valence-electron chi connectivity index (χ0n) is 23.9. The lowest BCUT2D eigenvalue weighted by molar-refractivity contribution is 0.0732. The molecule has 0 spiro atoms. The first-order valence-electron chi connectivity index (χ1n) is 14.4. The van der Waals surface area contributed by atoms with Crippen LogP contribution in [0.4, 0.5) is 0 Å². The number of aryl methyl sites for hydroxylation is 2. The van der Waals surface area contributed by atoms with Crippen molar-refractivity contribution in [3.8, 4) is 5.75 Å². The lowest BCUT2D eigenvalue weighted by Crippen LogP contribution is -2.19. The summed E-state index contributed by atoms with van der Waals surface area (Å²) in [5.74, 6) is -0.873. The van der Waals surface area contributed by atoms with Gasteiger partial charge in [0.25, 0.3) is 5.91 Å². The SMILES string of the molecule is CC1=C(Cc2cccnc2)CCc2cc(C(=O)Oc3c(C(N)=O)ccc4c3C(C)=C(Cc3cccnc3)CC4)ccc21. The molecule has 0 saturated carbocycles. The minimum Gasteiger partial charge on any atom is -0.421 e. The van der Waals surface area contributed by atoms with Crippen molar-refractivity contribution < 1.29 is 14.3 Å². The van der Waals surface area contributed by atoms with Gasteiger partial charge in [-0.25, -0.2) is 4.79 Å². The molecule has 2 N–H and O–H groups in total. The Kier molecular flexibility index (Phi) is 7.53. The molecule has 6 heteroatoms. The Labute approximate surface area is 246 Å². The number of allylic oxidation sites excluding steroid dienone is 4. The molecule has 1 amide bonds. The van der Waals surface area contributed by atoms with E-state index in [1.165, 1.54) is 22.3 Å². The van der Waals surface area contributed by atoms with E-state index >= 15 is 0 Å². The highest BCUT2D eigenvalue weighted by molar-refractivity contribution is 6.01. The first kappa shape index (κ1) is 27.3. The van der Waals surface area contributed by atoms with Gasteiger partial charge in [-0.3, -0.25) is 14.8 Å². The third-order valence-corrected chi connectivity index (χ3v) is 8.56. The second-order valence-electron chi connectivity index (χ2n) is 11.1. The maximum atomic E-state index is 13.6. The number of carbonyl (C=O) groups is 2. The van der Waals surface area contributed by atoms with E-state index < -0.39 is 11.9 Å². The van der Waals surface area contributed by atoms with Gasteiger partial charge < -0.3 is 10.5 Å². The molecule has 0 bridgehead atoms. The third kappa shape index (κ3) is 5.40. The molecule has 0 aliphatic heterocycles. The van der Waals surface area contributed by atoms with Crippen molar-refractivity contribution in [1.29, 1.82) is 0 Å². The number of ether oxygens (including phenoxy) is 1. The molecule has 2 heterocycles. The van der Waals surface area contributed by atoms with E-state index in [4.69, 9.17) is 10.5 Å². The number of carbonyl (C=O) groups excluding carboxylic acids is 2. The van der Waals surface area contributed by atoms with Crippen LogP contribution in [-0.2, 0) is 25.7 Å². The van der Waals surface area contributed by atoms with Crippen LogP contribution in [0.3, 0.4) is 0 Å². The fraction of sp³-hybridized carbons (Fsp3) is 0.222. The fourth-order valence-electron chi connectivity index (χ4n) is 6.24. The third-order valence-electron chi connectivity index (χ3n) is 8.56. The summed E-state index contributed by atoms with van der Waals surface area (Å²) in [6, 6.07) is 17.4. The average Bonchev–Trinajstić information content (AvgIpc) is 3.00. The number of hydrogen-bond acceptors (Lipinski definition) is 5. The van der Waals surface area contributed by atoms with E-state index in [-0.39, 0.29) is 11.3 Å². The number of esters is 1. The lowest BCUT2D eigenvalue weighted by Gasteiger charge is -2.25. The Morgan fingerprint density at radius 2 is 1.43 bits per heavy atom. The Morgan fingerprint density at radius 3 is 2.05 bits per heavy atom. The standard InChI is InChI=1S/C36H33N3O3/c1-22-27(17-24-5-3-15-38-20-24)9-10-29-19-30(12-13-31(22)29)36(41)42-34-32(35(37)40)14-11-26-7-8-28(23(2)33(26)34)18-25-6-4-16-39-21-25/h3-6,11-16,19-21H,7-10,17-18H2,1-2H3,(H2,37,40). The largest absolute Gasteiger partial charge is 0.421 e. The molecule has 6 nitrogen and oxygen atoms in total. The van der Waals surface area contributed by atoms with Gasteiger partial charge in [-0.15, -0.1) is 0 Å². The van der Waals surface area contributed by atoms with Crippen LogP contribution in [0.15, 0.2) is 90.5 Å². The molecule has 210 valence electrons. The van der Waals surface area contributed by atoms with Gasteiger partial charge in [-0.05, 0) is 122 Å². The molecule has 2 aliphatic carbocycles. The van der Waals surface area contributed by atoms with Gasteiger partial charge >= 0.3 is 5.97 Å². The van der Waals surface area contributed by atoms with Gasteiger partial charge in [0.1, 0.15) is 0 Å². The average molecular weight is 556 g/mol. The number of rotatable bonds is 7. The van der Waals surface area contributed by atoms with Crippen molar-refractivity contribution in [2.45, 2.75) is 52.4 Å². The summed E-state index contributed by atoms with van der Waals surface area (Å²) in [4.78, 5) is 34.6. The number of benzene rings is 2. The topological polar surface area (TPSA) is 95.2 Å². The van der Waals surface area contributed by atoms with Crippen LogP contribution in [0.5, 0.6) is 5.75 Å². The van der Waals surface area contributed by atoms with Gasteiger partial charge in [0.2, 0.25) is 0 Å². The molecule has 0 saturated heterocycles. The Hall–Kier alpha value is -4.84. The number of amides is 1. The quantitative estimate of drug-likeness (QED) is 0.202. The highest BCUT2D eigenvalue weighted by atomic mass is 16.5. The highest BCUT2D eigenvalue weighted by Crippen LogP contribution is 2.41. The fourth-order valence-corrected chi connectivity index (χ4v) is 6.24. The lowest BCUT2D eigenvalue weighted by atomic mass is 9.82. The molecular weight excluding hydrogens is 522 g/mol. The summed E-state index contributed by atoms with van der Waals surface area (Å²) < 4.78 is 6.07. The van der Waals surface area contributed by atoms with Crippen molar-refractivity contribution in [2.75, 3.05) is 0 Å².